The number of carbonyl (C=O) groups excluding carboxylic acids is 2. The first-order chi connectivity index (χ1) is 17.8. The molecule has 2 saturated heterocycles. The number of aliphatic imine (C=N–C) groups is 2. The quantitative estimate of drug-likeness (QED) is 0.204. The maximum atomic E-state index is 13.6. The van der Waals surface area contributed by atoms with Gasteiger partial charge in [-0.05, 0) is 42.0 Å². The van der Waals surface area contributed by atoms with E-state index >= 15 is 0 Å². The molecule has 2 aromatic rings. The van der Waals surface area contributed by atoms with Gasteiger partial charge in [0.1, 0.15) is 6.04 Å². The van der Waals surface area contributed by atoms with Gasteiger partial charge in [-0.2, -0.15) is 0 Å². The summed E-state index contributed by atoms with van der Waals surface area (Å²) < 4.78 is 0. The van der Waals surface area contributed by atoms with Crippen LogP contribution in [0.15, 0.2) is 52.4 Å². The van der Waals surface area contributed by atoms with Crippen molar-refractivity contribution in [3.63, 3.8) is 0 Å². The summed E-state index contributed by atoms with van der Waals surface area (Å²) in [5, 5.41) is 2.38. The second kappa shape index (κ2) is 12.2. The van der Waals surface area contributed by atoms with Crippen LogP contribution in [0.3, 0.4) is 0 Å². The predicted octanol–water partition coefficient (Wildman–Crippen LogP) is 0.970. The van der Waals surface area contributed by atoms with Crippen molar-refractivity contribution < 1.29 is 9.59 Å². The Hall–Kier alpha value is -3.47. The molecule has 2 aliphatic rings. The fraction of sp³-hybridized carbons (Fsp3) is 0.462. The van der Waals surface area contributed by atoms with Crippen LogP contribution in [0.5, 0.6) is 0 Å². The van der Waals surface area contributed by atoms with Crippen molar-refractivity contribution in [2.45, 2.75) is 48.8 Å². The minimum absolute atomic E-state index is 0.00496. The molecule has 2 heterocycles. The van der Waals surface area contributed by atoms with E-state index in [-0.39, 0.29) is 34.4 Å². The molecule has 2 fully saturated rings. The Morgan fingerprint density at radius 3 is 2.43 bits per heavy atom. The molecule has 10 nitrogen and oxygen atoms in total. The normalized spacial score (nSPS) is 21.6. The van der Waals surface area contributed by atoms with Crippen molar-refractivity contribution in [3.05, 3.63) is 48.0 Å². The van der Waals surface area contributed by atoms with E-state index in [1.165, 1.54) is 16.3 Å². The first-order valence-corrected chi connectivity index (χ1v) is 13.6. The molecule has 0 aromatic heterocycles. The van der Waals surface area contributed by atoms with E-state index in [2.05, 4.69) is 40.3 Å². The Morgan fingerprint density at radius 2 is 1.68 bits per heavy atom. The van der Waals surface area contributed by atoms with Crippen molar-refractivity contribution in [1.29, 1.82) is 0 Å². The molecule has 0 aliphatic carbocycles. The Labute approximate surface area is 221 Å². The van der Waals surface area contributed by atoms with Crippen molar-refractivity contribution >= 4 is 46.3 Å². The topological polar surface area (TPSA) is 169 Å². The number of piperazine rings is 1. The van der Waals surface area contributed by atoms with Crippen LogP contribution in [-0.2, 0) is 16.0 Å². The smallest absolute Gasteiger partial charge is 0.245 e. The molecule has 2 amide bonds. The predicted molar refractivity (Wildman–Crippen MR) is 150 cm³/mol. The van der Waals surface area contributed by atoms with Gasteiger partial charge >= 0.3 is 0 Å². The number of hydrogen-bond acceptors (Lipinski definition) is 5. The fourth-order valence-electron chi connectivity index (χ4n) is 5.03. The van der Waals surface area contributed by atoms with Crippen molar-refractivity contribution in [2.75, 3.05) is 26.2 Å². The molecule has 8 N–H and O–H groups in total. The summed E-state index contributed by atoms with van der Waals surface area (Å²) in [6, 6.07) is 14.2. The molecule has 2 aromatic carbocycles. The van der Waals surface area contributed by atoms with Gasteiger partial charge in [0, 0.05) is 31.3 Å². The van der Waals surface area contributed by atoms with E-state index in [9.17, 15) is 9.59 Å². The number of hydrogen-bond donors (Lipinski definition) is 4. The molecule has 3 atom stereocenters. The standard InChI is InChI=1S/C26H36N8O2S/c27-25(28)31-11-3-6-21-24(36)33(13-10-17-7-8-18-4-1-2-5-19(18)14-17)16-23-34(21)22(35)15-20(37-23)9-12-32-26(29)30/h1-2,4-5,7-8,14,20-21,23H,3,6,9-13,15-16H2,(H4,27,28,31)(H4,29,30,32)/t20-,21-,23-/m0/s1. The molecule has 2 aliphatic heterocycles. The fourth-order valence-corrected chi connectivity index (χ4v) is 6.62. The maximum Gasteiger partial charge on any atom is 0.245 e. The number of carbonyl (C=O) groups is 2. The van der Waals surface area contributed by atoms with E-state index in [0.717, 1.165) is 6.42 Å². The number of nitrogens with zero attached hydrogens (tertiary/aromatic N) is 4. The summed E-state index contributed by atoms with van der Waals surface area (Å²) in [4.78, 5) is 38.7. The van der Waals surface area contributed by atoms with Gasteiger partial charge < -0.3 is 32.7 Å². The number of rotatable bonds is 10. The van der Waals surface area contributed by atoms with Crippen molar-refractivity contribution in [3.8, 4) is 0 Å². The summed E-state index contributed by atoms with van der Waals surface area (Å²) in [6.45, 7) is 2.00. The number of guanidine groups is 2. The summed E-state index contributed by atoms with van der Waals surface area (Å²) in [6.07, 6.45) is 2.96. The van der Waals surface area contributed by atoms with Crippen LogP contribution >= 0.6 is 11.8 Å². The lowest BCUT2D eigenvalue weighted by Crippen LogP contribution is -2.64. The second-order valence-corrected chi connectivity index (χ2v) is 11.0. The third-order valence-electron chi connectivity index (χ3n) is 6.82. The minimum Gasteiger partial charge on any atom is -0.370 e. The van der Waals surface area contributed by atoms with Crippen LogP contribution in [0, 0.1) is 0 Å². The molecule has 37 heavy (non-hydrogen) atoms. The van der Waals surface area contributed by atoms with Crippen LogP contribution in [0.1, 0.15) is 31.2 Å². The SMILES string of the molecule is NC(N)=NCCC[C@H]1C(=O)N(CCc2ccc3ccccc3c2)C[C@@H]2S[C@@H](CCN=C(N)N)CC(=O)N21. The highest BCUT2D eigenvalue weighted by Gasteiger charge is 2.46. The number of nitrogens with two attached hydrogens (primary N) is 4. The Bertz CT molecular complexity index is 1180. The number of amides is 2. The molecule has 11 heteroatoms. The van der Waals surface area contributed by atoms with Crippen molar-refractivity contribution in [2.24, 2.45) is 32.9 Å². The van der Waals surface area contributed by atoms with Crippen LogP contribution in [0.25, 0.3) is 10.8 Å². The molecule has 198 valence electrons. The minimum atomic E-state index is -0.511. The summed E-state index contributed by atoms with van der Waals surface area (Å²) in [5.74, 6) is 0.0817. The van der Waals surface area contributed by atoms with Gasteiger partial charge in [-0.1, -0.05) is 42.5 Å². The van der Waals surface area contributed by atoms with E-state index < -0.39 is 6.04 Å². The highest BCUT2D eigenvalue weighted by molar-refractivity contribution is 8.00. The summed E-state index contributed by atoms with van der Waals surface area (Å²) >= 11 is 1.74. The summed E-state index contributed by atoms with van der Waals surface area (Å²) in [7, 11) is 0. The van der Waals surface area contributed by atoms with Gasteiger partial charge in [0.25, 0.3) is 0 Å². The van der Waals surface area contributed by atoms with Crippen LogP contribution < -0.4 is 22.9 Å². The monoisotopic (exact) mass is 524 g/mol. The lowest BCUT2D eigenvalue weighted by atomic mass is 10.0. The zero-order chi connectivity index (χ0) is 26.4. The lowest BCUT2D eigenvalue weighted by molar-refractivity contribution is -0.153. The molecular formula is C26H36N8O2S. The molecular weight excluding hydrogens is 488 g/mol. The average Bonchev–Trinajstić information content (AvgIpc) is 2.86. The third-order valence-corrected chi connectivity index (χ3v) is 8.30. The van der Waals surface area contributed by atoms with Gasteiger partial charge in [-0.25, -0.2) is 0 Å². The number of benzene rings is 2. The molecule has 0 bridgehead atoms. The van der Waals surface area contributed by atoms with Crippen molar-refractivity contribution in [1.82, 2.24) is 9.80 Å². The van der Waals surface area contributed by atoms with Gasteiger partial charge in [-0.3, -0.25) is 19.6 Å². The lowest BCUT2D eigenvalue weighted by Gasteiger charge is -2.49. The zero-order valence-electron chi connectivity index (χ0n) is 21.0. The number of thioether (sulfide) groups is 1. The maximum absolute atomic E-state index is 13.6. The second-order valence-electron chi connectivity index (χ2n) is 9.49. The first kappa shape index (κ1) is 26.6. The van der Waals surface area contributed by atoms with Gasteiger partial charge in [0.15, 0.2) is 11.9 Å². The molecule has 0 saturated carbocycles. The average molecular weight is 525 g/mol. The number of fused-ring (bicyclic) bond motifs is 2. The van der Waals surface area contributed by atoms with Crippen LogP contribution in [0.4, 0.5) is 0 Å². The van der Waals surface area contributed by atoms with Gasteiger partial charge in [0.05, 0.1) is 11.9 Å². The van der Waals surface area contributed by atoms with Gasteiger partial charge in [-0.15, -0.1) is 11.8 Å². The van der Waals surface area contributed by atoms with Crippen LogP contribution in [-0.4, -0.2) is 76.4 Å². The molecule has 0 unspecified atom stereocenters. The first-order valence-electron chi connectivity index (χ1n) is 12.7. The highest BCUT2D eigenvalue weighted by Crippen LogP contribution is 2.38. The Balaban J connectivity index is 1.47. The van der Waals surface area contributed by atoms with E-state index in [1.807, 2.05) is 17.0 Å². The van der Waals surface area contributed by atoms with E-state index in [4.69, 9.17) is 22.9 Å². The van der Waals surface area contributed by atoms with Crippen LogP contribution in [0.2, 0.25) is 0 Å². The summed E-state index contributed by atoms with van der Waals surface area (Å²) in [5.41, 5.74) is 23.0. The molecule has 0 radical (unpaired) electrons. The van der Waals surface area contributed by atoms with E-state index in [1.54, 1.807) is 16.7 Å². The Morgan fingerprint density at radius 1 is 0.946 bits per heavy atom. The van der Waals surface area contributed by atoms with E-state index in [0.29, 0.717) is 51.9 Å². The van der Waals surface area contributed by atoms with Gasteiger partial charge in [0.2, 0.25) is 11.8 Å². The zero-order valence-corrected chi connectivity index (χ0v) is 21.8. The third kappa shape index (κ3) is 6.85. The molecule has 4 rings (SSSR count). The molecule has 0 spiro atoms. The highest BCUT2D eigenvalue weighted by atomic mass is 32.2. The Kier molecular flexibility index (Phi) is 8.75. The largest absolute Gasteiger partial charge is 0.370 e.